The summed E-state index contributed by atoms with van der Waals surface area (Å²) >= 11 is 0. The van der Waals surface area contributed by atoms with E-state index in [1.807, 2.05) is 19.0 Å². The number of ketones is 1. The van der Waals surface area contributed by atoms with Gasteiger partial charge < -0.3 is 14.7 Å². The lowest BCUT2D eigenvalue weighted by molar-refractivity contribution is -0.172. The van der Waals surface area contributed by atoms with Crippen molar-refractivity contribution in [3.05, 3.63) is 11.6 Å². The van der Waals surface area contributed by atoms with E-state index in [4.69, 9.17) is 4.74 Å². The molecule has 0 bridgehead atoms. The van der Waals surface area contributed by atoms with Gasteiger partial charge in [0, 0.05) is 25.0 Å². The number of allylic oxidation sites excluding steroid dienone is 1. The van der Waals surface area contributed by atoms with Crippen LogP contribution in [0, 0.1) is 34.5 Å². The molecule has 3 aliphatic rings. The molecule has 1 N–H and O–H groups in total. The number of ether oxygens (including phenoxy) is 1. The van der Waals surface area contributed by atoms with Crippen LogP contribution in [0.4, 0.5) is 0 Å². The van der Waals surface area contributed by atoms with Crippen LogP contribution in [0.15, 0.2) is 11.6 Å². The lowest BCUT2D eigenvalue weighted by Crippen LogP contribution is -2.60. The smallest absolute Gasteiger partial charge is 0.330 e. The predicted octanol–water partition coefficient (Wildman–Crippen LogP) is 3.46. The number of nitrogens with zero attached hydrogens (tertiary/aromatic N) is 1. The van der Waals surface area contributed by atoms with E-state index in [2.05, 4.69) is 27.7 Å². The van der Waals surface area contributed by atoms with Crippen molar-refractivity contribution in [2.75, 3.05) is 27.2 Å². The number of fused-ring (bicyclic) bond motifs is 3. The molecule has 0 aromatic rings. The number of likely N-dealkylation sites (N-methyl/N-ethyl adjacent to an activating group) is 1. The Kier molecular flexibility index (Phi) is 6.31. The van der Waals surface area contributed by atoms with Gasteiger partial charge in [0.15, 0.2) is 0 Å². The highest BCUT2D eigenvalue weighted by Gasteiger charge is 2.61. The molecule has 0 spiro atoms. The second-order valence-electron chi connectivity index (χ2n) is 10.8. The lowest BCUT2D eigenvalue weighted by Gasteiger charge is -2.62. The van der Waals surface area contributed by atoms with Crippen molar-refractivity contribution < 1.29 is 19.4 Å². The first-order chi connectivity index (χ1) is 13.5. The van der Waals surface area contributed by atoms with E-state index in [0.29, 0.717) is 31.3 Å². The summed E-state index contributed by atoms with van der Waals surface area (Å²) in [4.78, 5) is 27.5. The summed E-state index contributed by atoms with van der Waals surface area (Å²) in [5, 5.41) is 10.6. The monoisotopic (exact) mass is 405 g/mol. The van der Waals surface area contributed by atoms with Gasteiger partial charge in [-0.05, 0) is 68.4 Å². The van der Waals surface area contributed by atoms with E-state index >= 15 is 0 Å². The van der Waals surface area contributed by atoms with Crippen molar-refractivity contribution in [1.29, 1.82) is 0 Å². The number of hydrogen-bond donors (Lipinski definition) is 1. The molecular formula is C24H39NO4. The first-order valence-electron chi connectivity index (χ1n) is 11.2. The molecule has 6 atom stereocenters. The van der Waals surface area contributed by atoms with Gasteiger partial charge >= 0.3 is 5.97 Å². The fourth-order valence-corrected chi connectivity index (χ4v) is 6.63. The molecule has 164 valence electrons. The molecule has 0 heterocycles. The number of esters is 1. The van der Waals surface area contributed by atoms with Gasteiger partial charge in [-0.3, -0.25) is 4.79 Å². The summed E-state index contributed by atoms with van der Waals surface area (Å²) in [5.74, 6) is 0.645. The summed E-state index contributed by atoms with van der Waals surface area (Å²) in [6, 6.07) is 0. The Hall–Kier alpha value is -1.20. The first-order valence-corrected chi connectivity index (χ1v) is 11.2. The third-order valence-electron chi connectivity index (χ3n) is 8.52. The van der Waals surface area contributed by atoms with Gasteiger partial charge in [-0.1, -0.05) is 33.3 Å². The minimum Gasteiger partial charge on any atom is -0.461 e. The minimum atomic E-state index is -0.335. The van der Waals surface area contributed by atoms with Crippen LogP contribution in [-0.2, 0) is 14.3 Å². The largest absolute Gasteiger partial charge is 0.461 e. The van der Waals surface area contributed by atoms with E-state index in [1.165, 1.54) is 0 Å². The maximum atomic E-state index is 13.3. The van der Waals surface area contributed by atoms with Crippen LogP contribution in [0.2, 0.25) is 0 Å². The second kappa shape index (κ2) is 8.14. The van der Waals surface area contributed by atoms with Crippen LogP contribution in [0.25, 0.3) is 0 Å². The van der Waals surface area contributed by atoms with Crippen LogP contribution >= 0.6 is 0 Å². The maximum absolute atomic E-state index is 13.3. The summed E-state index contributed by atoms with van der Waals surface area (Å²) in [5.41, 5.74) is 0.905. The molecule has 29 heavy (non-hydrogen) atoms. The van der Waals surface area contributed by atoms with E-state index in [9.17, 15) is 14.7 Å². The number of hydrogen-bond acceptors (Lipinski definition) is 5. The maximum Gasteiger partial charge on any atom is 0.330 e. The Morgan fingerprint density at radius 3 is 2.62 bits per heavy atom. The van der Waals surface area contributed by atoms with Crippen LogP contribution in [-0.4, -0.2) is 55.1 Å². The van der Waals surface area contributed by atoms with Crippen LogP contribution in [0.3, 0.4) is 0 Å². The standard InChI is InChI=1S/C24H39NO4/c1-15-16(13-21(28)29-12-11-25(5)6)7-8-17-22(15)18(26)14-19-23(2,3)20(27)9-10-24(17,19)4/h13,15,17,19-20,22,27H,7-12,14H2,1-6H3/b16-13+/t15-,17?,19-,20-,22-,24+/m0/s1. The van der Waals surface area contributed by atoms with Gasteiger partial charge in [0.05, 0.1) is 6.10 Å². The fourth-order valence-electron chi connectivity index (χ4n) is 6.63. The zero-order valence-corrected chi connectivity index (χ0v) is 19.0. The molecule has 0 saturated heterocycles. The Bertz CT molecular complexity index is 682. The van der Waals surface area contributed by atoms with Crippen molar-refractivity contribution in [1.82, 2.24) is 4.90 Å². The van der Waals surface area contributed by atoms with Crippen LogP contribution < -0.4 is 0 Å². The zero-order valence-electron chi connectivity index (χ0n) is 19.0. The highest BCUT2D eigenvalue weighted by Crippen LogP contribution is 2.63. The number of carbonyl (C=O) groups is 2. The summed E-state index contributed by atoms with van der Waals surface area (Å²) in [6.45, 7) is 9.82. The first kappa shape index (κ1) is 22.5. The molecule has 3 rings (SSSR count). The van der Waals surface area contributed by atoms with E-state index in [0.717, 1.165) is 31.3 Å². The molecule has 0 aromatic carbocycles. The number of aliphatic hydroxyl groups is 1. The number of rotatable bonds is 4. The van der Waals surface area contributed by atoms with E-state index in [1.54, 1.807) is 6.08 Å². The third-order valence-corrected chi connectivity index (χ3v) is 8.52. The van der Waals surface area contributed by atoms with Crippen LogP contribution in [0.5, 0.6) is 0 Å². The Morgan fingerprint density at radius 2 is 1.97 bits per heavy atom. The topological polar surface area (TPSA) is 66.8 Å². The normalized spacial score (nSPS) is 40.5. The second-order valence-corrected chi connectivity index (χ2v) is 10.8. The molecular weight excluding hydrogens is 366 g/mol. The van der Waals surface area contributed by atoms with Gasteiger partial charge in [0.2, 0.25) is 0 Å². The molecule has 1 unspecified atom stereocenters. The molecule has 0 radical (unpaired) electrons. The SMILES string of the molecule is C[C@H]1/C(=C/C(=O)OCCN(C)C)CCC2[C@H]1C(=O)C[C@H]1C(C)(C)[C@@H](O)CC[C@]21C. The van der Waals surface area contributed by atoms with E-state index in [-0.39, 0.29) is 40.7 Å². The molecule has 0 amide bonds. The molecule has 3 saturated carbocycles. The third kappa shape index (κ3) is 4.05. The number of aliphatic hydroxyl groups excluding tert-OH is 1. The molecule has 3 aliphatic carbocycles. The van der Waals surface area contributed by atoms with Crippen molar-refractivity contribution in [2.24, 2.45) is 34.5 Å². The van der Waals surface area contributed by atoms with Gasteiger partial charge in [0.1, 0.15) is 12.4 Å². The highest BCUT2D eigenvalue weighted by atomic mass is 16.5. The minimum absolute atomic E-state index is 0.0168. The summed E-state index contributed by atoms with van der Waals surface area (Å²) in [6.07, 6.45) is 5.44. The molecule has 0 aromatic heterocycles. The predicted molar refractivity (Wildman–Crippen MR) is 113 cm³/mol. The van der Waals surface area contributed by atoms with Crippen LogP contribution in [0.1, 0.15) is 59.8 Å². The molecule has 5 heteroatoms. The highest BCUT2D eigenvalue weighted by molar-refractivity contribution is 5.86. The summed E-state index contributed by atoms with van der Waals surface area (Å²) in [7, 11) is 3.90. The van der Waals surface area contributed by atoms with Gasteiger partial charge in [-0.2, -0.15) is 0 Å². The Morgan fingerprint density at radius 1 is 1.28 bits per heavy atom. The van der Waals surface area contributed by atoms with E-state index < -0.39 is 0 Å². The van der Waals surface area contributed by atoms with Crippen molar-refractivity contribution in [3.8, 4) is 0 Å². The Balaban J connectivity index is 1.78. The zero-order chi connectivity index (χ0) is 21.6. The average molecular weight is 406 g/mol. The number of Topliss-reactive ketones (excluding diaryl/α,β-unsaturated/α-hetero) is 1. The average Bonchev–Trinajstić information content (AvgIpc) is 2.63. The van der Waals surface area contributed by atoms with Gasteiger partial charge in [-0.15, -0.1) is 0 Å². The quantitative estimate of drug-likeness (QED) is 0.573. The molecule has 0 aliphatic heterocycles. The van der Waals surface area contributed by atoms with Crippen molar-refractivity contribution in [3.63, 3.8) is 0 Å². The Labute approximate surface area is 175 Å². The lowest BCUT2D eigenvalue weighted by atomic mass is 9.42. The molecule has 3 fully saturated rings. The fraction of sp³-hybridized carbons (Fsp3) is 0.833. The van der Waals surface area contributed by atoms with Gasteiger partial charge in [0.25, 0.3) is 0 Å². The van der Waals surface area contributed by atoms with Crippen molar-refractivity contribution >= 4 is 11.8 Å². The van der Waals surface area contributed by atoms with Gasteiger partial charge in [-0.25, -0.2) is 4.79 Å². The number of carbonyl (C=O) groups excluding carboxylic acids is 2. The summed E-state index contributed by atoms with van der Waals surface area (Å²) < 4.78 is 5.34. The molecule has 5 nitrogen and oxygen atoms in total. The van der Waals surface area contributed by atoms with Crippen molar-refractivity contribution in [2.45, 2.75) is 65.9 Å².